The van der Waals surface area contributed by atoms with Crippen LogP contribution in [0.1, 0.15) is 37.8 Å². The molecule has 0 aliphatic carbocycles. The summed E-state index contributed by atoms with van der Waals surface area (Å²) in [5.74, 6) is 0. The Morgan fingerprint density at radius 3 is 2.43 bits per heavy atom. The average molecular weight is 305 g/mol. The molecule has 0 aromatic carbocycles. The summed E-state index contributed by atoms with van der Waals surface area (Å²) < 4.78 is 27.6. The van der Waals surface area contributed by atoms with Gasteiger partial charge >= 0.3 is 0 Å². The summed E-state index contributed by atoms with van der Waals surface area (Å²) >= 11 is 0. The topological polar surface area (TPSA) is 72.0 Å². The lowest BCUT2D eigenvalue weighted by molar-refractivity contribution is 0.524. The zero-order valence-corrected chi connectivity index (χ0v) is 12.8. The van der Waals surface area contributed by atoms with Gasteiger partial charge in [-0.1, -0.05) is 25.8 Å². The van der Waals surface area contributed by atoms with E-state index in [1.165, 1.54) is 12.3 Å². The first-order valence-electron chi connectivity index (χ1n) is 6.96. The molecule has 0 radical (unpaired) electrons. The summed E-state index contributed by atoms with van der Waals surface area (Å²) in [5, 5.41) is 0. The number of pyridine rings is 2. The third-order valence-corrected chi connectivity index (χ3v) is 4.63. The molecule has 1 N–H and O–H groups in total. The second-order valence-corrected chi connectivity index (χ2v) is 6.51. The molecule has 0 spiro atoms. The van der Waals surface area contributed by atoms with E-state index in [1.54, 1.807) is 24.7 Å². The van der Waals surface area contributed by atoms with Gasteiger partial charge in [0.2, 0.25) is 10.0 Å². The lowest BCUT2D eigenvalue weighted by Crippen LogP contribution is -2.29. The van der Waals surface area contributed by atoms with Crippen LogP contribution in [0.2, 0.25) is 0 Å². The summed E-state index contributed by atoms with van der Waals surface area (Å²) in [4.78, 5) is 8.11. The second-order valence-electron chi connectivity index (χ2n) is 4.79. The van der Waals surface area contributed by atoms with Gasteiger partial charge in [-0.05, 0) is 30.2 Å². The minimum absolute atomic E-state index is 0.176. The van der Waals surface area contributed by atoms with Crippen molar-refractivity contribution in [3.8, 4) is 0 Å². The van der Waals surface area contributed by atoms with E-state index in [2.05, 4.69) is 21.6 Å². The normalized spacial score (nSPS) is 13.0. The highest BCUT2D eigenvalue weighted by molar-refractivity contribution is 7.89. The van der Waals surface area contributed by atoms with E-state index in [1.807, 2.05) is 12.1 Å². The van der Waals surface area contributed by atoms with Crippen LogP contribution in [0.5, 0.6) is 0 Å². The first kappa shape index (κ1) is 15.6. The average Bonchev–Trinajstić information content (AvgIpc) is 2.53. The van der Waals surface area contributed by atoms with E-state index in [0.717, 1.165) is 24.8 Å². The van der Waals surface area contributed by atoms with Gasteiger partial charge in [-0.15, -0.1) is 0 Å². The van der Waals surface area contributed by atoms with Crippen molar-refractivity contribution >= 4 is 10.0 Å². The van der Waals surface area contributed by atoms with Crippen molar-refractivity contribution < 1.29 is 8.42 Å². The van der Waals surface area contributed by atoms with E-state index >= 15 is 0 Å². The molecule has 112 valence electrons. The standard InChI is InChI=1S/C15H19N3O2S/c1-2-3-8-15(13-6-4-9-16-11-13)18-21(19,20)14-7-5-10-17-12-14/h4-7,9-12,15,18H,2-3,8H2,1H3. The smallest absolute Gasteiger partial charge is 0.242 e. The van der Waals surface area contributed by atoms with Crippen LogP contribution in [-0.2, 0) is 10.0 Å². The maximum absolute atomic E-state index is 12.4. The maximum Gasteiger partial charge on any atom is 0.242 e. The minimum atomic E-state index is -3.58. The van der Waals surface area contributed by atoms with Crippen LogP contribution in [-0.4, -0.2) is 18.4 Å². The van der Waals surface area contributed by atoms with Gasteiger partial charge in [-0.2, -0.15) is 0 Å². The summed E-state index contributed by atoms with van der Waals surface area (Å²) in [6, 6.07) is 6.57. The van der Waals surface area contributed by atoms with Gasteiger partial charge in [0, 0.05) is 30.8 Å². The Hall–Kier alpha value is -1.79. The highest BCUT2D eigenvalue weighted by atomic mass is 32.2. The summed E-state index contributed by atoms with van der Waals surface area (Å²) in [7, 11) is -3.58. The van der Waals surface area contributed by atoms with Crippen molar-refractivity contribution in [1.29, 1.82) is 0 Å². The number of nitrogens with one attached hydrogen (secondary N) is 1. The molecule has 0 aliphatic rings. The quantitative estimate of drug-likeness (QED) is 0.853. The Kier molecular flexibility index (Phi) is 5.41. The van der Waals surface area contributed by atoms with Gasteiger partial charge in [-0.3, -0.25) is 9.97 Å². The molecule has 21 heavy (non-hydrogen) atoms. The van der Waals surface area contributed by atoms with Crippen molar-refractivity contribution in [1.82, 2.24) is 14.7 Å². The van der Waals surface area contributed by atoms with Crippen molar-refractivity contribution in [3.05, 3.63) is 54.6 Å². The molecule has 6 heteroatoms. The molecule has 0 fully saturated rings. The molecule has 2 heterocycles. The molecule has 0 saturated carbocycles. The minimum Gasteiger partial charge on any atom is -0.264 e. The fourth-order valence-electron chi connectivity index (χ4n) is 2.05. The maximum atomic E-state index is 12.4. The third kappa shape index (κ3) is 4.34. The van der Waals surface area contributed by atoms with E-state index < -0.39 is 10.0 Å². The number of sulfonamides is 1. The van der Waals surface area contributed by atoms with E-state index in [4.69, 9.17) is 0 Å². The van der Waals surface area contributed by atoms with Crippen LogP contribution in [0.4, 0.5) is 0 Å². The highest BCUT2D eigenvalue weighted by Gasteiger charge is 2.21. The van der Waals surface area contributed by atoms with E-state index in [0.29, 0.717) is 0 Å². The van der Waals surface area contributed by atoms with Crippen LogP contribution in [0.15, 0.2) is 53.9 Å². The van der Waals surface area contributed by atoms with Crippen LogP contribution >= 0.6 is 0 Å². The Morgan fingerprint density at radius 1 is 1.14 bits per heavy atom. The van der Waals surface area contributed by atoms with Crippen molar-refractivity contribution in [2.75, 3.05) is 0 Å². The molecular formula is C15H19N3O2S. The zero-order chi connectivity index (χ0) is 15.1. The van der Waals surface area contributed by atoms with Gasteiger partial charge in [0.15, 0.2) is 0 Å². The molecule has 2 rings (SSSR count). The lowest BCUT2D eigenvalue weighted by atomic mass is 10.0. The van der Waals surface area contributed by atoms with Gasteiger partial charge in [0.25, 0.3) is 0 Å². The predicted octanol–water partition coefficient (Wildman–Crippen LogP) is 2.69. The Morgan fingerprint density at radius 2 is 1.86 bits per heavy atom. The van der Waals surface area contributed by atoms with Crippen LogP contribution < -0.4 is 4.72 Å². The highest BCUT2D eigenvalue weighted by Crippen LogP contribution is 2.21. The second kappa shape index (κ2) is 7.28. The summed E-state index contributed by atoms with van der Waals surface area (Å²) in [6.45, 7) is 2.08. The molecule has 1 atom stereocenters. The molecule has 0 aliphatic heterocycles. The number of nitrogens with zero attached hydrogens (tertiary/aromatic N) is 2. The van der Waals surface area contributed by atoms with Crippen LogP contribution in [0.25, 0.3) is 0 Å². The fraction of sp³-hybridized carbons (Fsp3) is 0.333. The lowest BCUT2D eigenvalue weighted by Gasteiger charge is -2.18. The molecular weight excluding hydrogens is 286 g/mol. The van der Waals surface area contributed by atoms with Gasteiger partial charge in [0.05, 0.1) is 0 Å². The molecule has 2 aromatic rings. The molecule has 0 amide bonds. The summed E-state index contributed by atoms with van der Waals surface area (Å²) in [6.07, 6.45) is 8.96. The SMILES string of the molecule is CCCCC(NS(=O)(=O)c1cccnc1)c1cccnc1. The Labute approximate surface area is 125 Å². The Balaban J connectivity index is 2.23. The largest absolute Gasteiger partial charge is 0.264 e. The third-order valence-electron chi connectivity index (χ3n) is 3.18. The Bertz CT molecular complexity index is 645. The number of aromatic nitrogens is 2. The van der Waals surface area contributed by atoms with E-state index in [9.17, 15) is 8.42 Å². The fourth-order valence-corrected chi connectivity index (χ4v) is 3.27. The van der Waals surface area contributed by atoms with Crippen LogP contribution in [0.3, 0.4) is 0 Å². The predicted molar refractivity (Wildman–Crippen MR) is 81.1 cm³/mol. The molecule has 2 aromatic heterocycles. The van der Waals surface area contributed by atoms with E-state index in [-0.39, 0.29) is 10.9 Å². The first-order valence-corrected chi connectivity index (χ1v) is 8.44. The van der Waals surface area contributed by atoms with Crippen LogP contribution in [0, 0.1) is 0 Å². The van der Waals surface area contributed by atoms with Crippen molar-refractivity contribution in [3.63, 3.8) is 0 Å². The molecule has 5 nitrogen and oxygen atoms in total. The zero-order valence-electron chi connectivity index (χ0n) is 11.9. The van der Waals surface area contributed by atoms with Gasteiger partial charge < -0.3 is 0 Å². The van der Waals surface area contributed by atoms with Crippen molar-refractivity contribution in [2.24, 2.45) is 0 Å². The monoisotopic (exact) mass is 305 g/mol. The summed E-state index contributed by atoms with van der Waals surface area (Å²) in [5.41, 5.74) is 0.874. The number of hydrogen-bond donors (Lipinski definition) is 1. The van der Waals surface area contributed by atoms with Gasteiger partial charge in [0.1, 0.15) is 4.90 Å². The first-order chi connectivity index (χ1) is 10.1. The number of hydrogen-bond acceptors (Lipinski definition) is 4. The van der Waals surface area contributed by atoms with Crippen molar-refractivity contribution in [2.45, 2.75) is 37.1 Å². The number of rotatable bonds is 7. The molecule has 1 unspecified atom stereocenters. The molecule has 0 bridgehead atoms. The van der Waals surface area contributed by atoms with Gasteiger partial charge in [-0.25, -0.2) is 13.1 Å². The number of unbranched alkanes of at least 4 members (excludes halogenated alkanes) is 1. The molecule has 0 saturated heterocycles.